The molecule has 0 aliphatic heterocycles. The maximum Gasteiger partial charge on any atom is 0.335 e. The van der Waals surface area contributed by atoms with Gasteiger partial charge in [0.25, 0.3) is 0 Å². The Morgan fingerprint density at radius 1 is 0.810 bits per heavy atom. The molecule has 21 heavy (non-hydrogen) atoms. The van der Waals surface area contributed by atoms with Gasteiger partial charge in [0.2, 0.25) is 0 Å². The van der Waals surface area contributed by atoms with Gasteiger partial charge in [0.1, 0.15) is 0 Å². The number of nitrogens with zero attached hydrogens (tertiary/aromatic N) is 1. The summed E-state index contributed by atoms with van der Waals surface area (Å²) in [6, 6.07) is 12.3. The topological polar surface area (TPSA) is 108 Å². The van der Waals surface area contributed by atoms with E-state index in [1.54, 1.807) is 24.3 Å². The summed E-state index contributed by atoms with van der Waals surface area (Å²) in [6.07, 6.45) is 0. The lowest BCUT2D eigenvalue weighted by molar-refractivity contribution is 0.0696. The molecule has 0 saturated carbocycles. The van der Waals surface area contributed by atoms with Gasteiger partial charge in [-0.1, -0.05) is 0 Å². The molecular formula is C14H11N3O4. The molecule has 3 N–H and O–H groups in total. The van der Waals surface area contributed by atoms with Gasteiger partial charge in [-0.05, 0) is 48.5 Å². The number of carboxylic acids is 1. The lowest BCUT2D eigenvalue weighted by Gasteiger charge is -2.10. The zero-order valence-electron chi connectivity index (χ0n) is 10.7. The van der Waals surface area contributed by atoms with Crippen LogP contribution in [0.3, 0.4) is 0 Å². The first-order valence-electron chi connectivity index (χ1n) is 5.93. The van der Waals surface area contributed by atoms with Crippen LogP contribution in [0, 0.1) is 4.91 Å². The van der Waals surface area contributed by atoms with Crippen LogP contribution in [0.2, 0.25) is 0 Å². The number of benzene rings is 2. The molecule has 2 aromatic carbocycles. The second-order valence-electron chi connectivity index (χ2n) is 4.11. The van der Waals surface area contributed by atoms with E-state index >= 15 is 0 Å². The van der Waals surface area contributed by atoms with Crippen molar-refractivity contribution in [3.8, 4) is 0 Å². The monoisotopic (exact) mass is 285 g/mol. The van der Waals surface area contributed by atoms with Crippen molar-refractivity contribution in [1.29, 1.82) is 0 Å². The molecule has 0 bridgehead atoms. The van der Waals surface area contributed by atoms with Crippen LogP contribution >= 0.6 is 0 Å². The molecule has 7 heteroatoms. The largest absolute Gasteiger partial charge is 0.478 e. The molecule has 0 unspecified atom stereocenters. The molecule has 0 atom stereocenters. The van der Waals surface area contributed by atoms with Crippen LogP contribution in [0.5, 0.6) is 0 Å². The molecule has 0 fully saturated rings. The van der Waals surface area contributed by atoms with Crippen molar-refractivity contribution in [2.75, 3.05) is 10.9 Å². The molecule has 0 aromatic heterocycles. The van der Waals surface area contributed by atoms with E-state index < -0.39 is 11.9 Å². The minimum atomic E-state index is -0.987. The van der Waals surface area contributed by atoms with Crippen molar-refractivity contribution in [2.24, 2.45) is 5.18 Å². The van der Waals surface area contributed by atoms with Gasteiger partial charge in [0.05, 0.1) is 16.9 Å². The van der Waals surface area contributed by atoms with Crippen molar-refractivity contribution in [2.45, 2.75) is 0 Å². The zero-order chi connectivity index (χ0) is 15.2. The van der Waals surface area contributed by atoms with E-state index in [0.29, 0.717) is 11.4 Å². The summed E-state index contributed by atoms with van der Waals surface area (Å²) in [4.78, 5) is 31.8. The maximum atomic E-state index is 11.0. The number of hydrogen-bond acceptors (Lipinski definition) is 5. The SMILES string of the molecule is O=NC(=O)c1ccc(NNc2ccc(C(=O)O)cc2)cc1. The first-order chi connectivity index (χ1) is 10.1. The molecule has 2 rings (SSSR count). The predicted molar refractivity (Wildman–Crippen MR) is 77.2 cm³/mol. The third-order valence-electron chi connectivity index (χ3n) is 2.70. The van der Waals surface area contributed by atoms with E-state index in [1.165, 1.54) is 24.3 Å². The summed E-state index contributed by atoms with van der Waals surface area (Å²) in [5, 5.41) is 11.1. The molecular weight excluding hydrogens is 274 g/mol. The minimum Gasteiger partial charge on any atom is -0.478 e. The Morgan fingerprint density at radius 3 is 1.62 bits per heavy atom. The van der Waals surface area contributed by atoms with Gasteiger partial charge in [-0.3, -0.25) is 4.79 Å². The Bertz CT molecular complexity index is 666. The summed E-state index contributed by atoms with van der Waals surface area (Å²) < 4.78 is 0. The van der Waals surface area contributed by atoms with Crippen LogP contribution in [0.4, 0.5) is 11.4 Å². The molecule has 0 aliphatic carbocycles. The Kier molecular flexibility index (Phi) is 4.25. The number of carbonyl (C=O) groups is 2. The Balaban J connectivity index is 1.98. The molecule has 0 saturated heterocycles. The maximum absolute atomic E-state index is 11.0. The fourth-order valence-electron chi connectivity index (χ4n) is 1.59. The molecule has 0 heterocycles. The third-order valence-corrected chi connectivity index (χ3v) is 2.70. The fraction of sp³-hybridized carbons (Fsp3) is 0. The number of nitroso groups, excluding NO2 is 1. The molecule has 1 amide bonds. The van der Waals surface area contributed by atoms with E-state index in [1.807, 2.05) is 0 Å². The lowest BCUT2D eigenvalue weighted by Crippen LogP contribution is -2.09. The second-order valence-corrected chi connectivity index (χ2v) is 4.11. The number of hydrogen-bond donors (Lipinski definition) is 3. The highest BCUT2D eigenvalue weighted by Gasteiger charge is 2.04. The smallest absolute Gasteiger partial charge is 0.335 e. The number of anilines is 2. The Hall–Kier alpha value is -3.22. The van der Waals surface area contributed by atoms with E-state index in [2.05, 4.69) is 16.0 Å². The van der Waals surface area contributed by atoms with Crippen molar-refractivity contribution in [1.82, 2.24) is 0 Å². The molecule has 2 aromatic rings. The van der Waals surface area contributed by atoms with E-state index in [4.69, 9.17) is 5.11 Å². The first-order valence-corrected chi connectivity index (χ1v) is 5.93. The summed E-state index contributed by atoms with van der Waals surface area (Å²) in [5.41, 5.74) is 7.50. The van der Waals surface area contributed by atoms with Gasteiger partial charge < -0.3 is 16.0 Å². The van der Waals surface area contributed by atoms with Crippen LogP contribution in [0.1, 0.15) is 20.7 Å². The summed E-state index contributed by atoms with van der Waals surface area (Å²) in [6.45, 7) is 0. The van der Waals surface area contributed by atoms with Gasteiger partial charge in [0, 0.05) is 10.7 Å². The van der Waals surface area contributed by atoms with Crippen molar-refractivity contribution >= 4 is 23.3 Å². The lowest BCUT2D eigenvalue weighted by atomic mass is 10.2. The van der Waals surface area contributed by atoms with Crippen molar-refractivity contribution in [3.05, 3.63) is 64.6 Å². The van der Waals surface area contributed by atoms with E-state index in [0.717, 1.165) is 0 Å². The number of carbonyl (C=O) groups excluding carboxylic acids is 1. The van der Waals surface area contributed by atoms with Gasteiger partial charge in [-0.15, -0.1) is 4.91 Å². The number of nitrogens with one attached hydrogen (secondary N) is 2. The van der Waals surface area contributed by atoms with Gasteiger partial charge in [-0.2, -0.15) is 0 Å². The normalized spacial score (nSPS) is 9.71. The average molecular weight is 285 g/mol. The second kappa shape index (κ2) is 6.29. The van der Waals surface area contributed by atoms with Gasteiger partial charge in [-0.25, -0.2) is 4.79 Å². The summed E-state index contributed by atoms with van der Waals surface area (Å²) >= 11 is 0. The molecule has 0 spiro atoms. The molecule has 0 radical (unpaired) electrons. The number of hydrazine groups is 1. The van der Waals surface area contributed by atoms with Crippen molar-refractivity contribution in [3.63, 3.8) is 0 Å². The van der Waals surface area contributed by atoms with Crippen molar-refractivity contribution < 1.29 is 14.7 Å². The highest BCUT2D eigenvalue weighted by Crippen LogP contribution is 2.13. The van der Waals surface area contributed by atoms with Crippen LogP contribution in [0.15, 0.2) is 53.7 Å². The molecule has 7 nitrogen and oxygen atoms in total. The number of amides is 1. The van der Waals surface area contributed by atoms with Crippen LogP contribution in [-0.4, -0.2) is 17.0 Å². The number of aromatic carboxylic acids is 1. The van der Waals surface area contributed by atoms with Crippen LogP contribution in [-0.2, 0) is 0 Å². The molecule has 106 valence electrons. The van der Waals surface area contributed by atoms with Crippen LogP contribution in [0.25, 0.3) is 0 Å². The quantitative estimate of drug-likeness (QED) is 0.576. The first kappa shape index (κ1) is 14.2. The summed E-state index contributed by atoms with van der Waals surface area (Å²) in [7, 11) is 0. The highest BCUT2D eigenvalue weighted by atomic mass is 16.4. The Morgan fingerprint density at radius 2 is 1.24 bits per heavy atom. The standard InChI is InChI=1S/C14H11N3O4/c18-13(17-21)9-1-5-11(6-2-9)15-16-12-7-3-10(4-8-12)14(19)20/h1-8,15-16H,(H,19,20). The fourth-order valence-corrected chi connectivity index (χ4v) is 1.59. The van der Waals surface area contributed by atoms with Gasteiger partial charge >= 0.3 is 11.9 Å². The molecule has 0 aliphatic rings. The third kappa shape index (κ3) is 3.63. The average Bonchev–Trinajstić information content (AvgIpc) is 2.53. The van der Waals surface area contributed by atoms with Gasteiger partial charge in [0.15, 0.2) is 0 Å². The minimum absolute atomic E-state index is 0.199. The zero-order valence-corrected chi connectivity index (χ0v) is 10.7. The Labute approximate surface area is 119 Å². The van der Waals surface area contributed by atoms with Crippen LogP contribution < -0.4 is 10.9 Å². The number of carboxylic acid groups (broad SMARTS) is 1. The van der Waals surface area contributed by atoms with E-state index in [9.17, 15) is 14.5 Å². The number of rotatable bonds is 5. The predicted octanol–water partition coefficient (Wildman–Crippen LogP) is 2.73. The van der Waals surface area contributed by atoms with E-state index in [-0.39, 0.29) is 11.1 Å². The highest BCUT2D eigenvalue weighted by molar-refractivity contribution is 5.95. The summed E-state index contributed by atoms with van der Waals surface area (Å²) in [5.74, 6) is -1.81.